The van der Waals surface area contributed by atoms with Crippen LogP contribution in [0.2, 0.25) is 5.02 Å². The monoisotopic (exact) mass is 419 g/mol. The summed E-state index contributed by atoms with van der Waals surface area (Å²) < 4.78 is 16.2. The maximum absolute atomic E-state index is 12.5. The van der Waals surface area contributed by atoms with Crippen LogP contribution in [0.5, 0.6) is 11.6 Å². The van der Waals surface area contributed by atoms with Crippen molar-refractivity contribution < 1.29 is 23.6 Å². The fraction of sp³-hybridized carbons (Fsp3) is 0.450. The molecule has 1 aliphatic heterocycles. The molecule has 1 aliphatic carbocycles. The van der Waals surface area contributed by atoms with Crippen LogP contribution in [0.25, 0.3) is 0 Å². The predicted octanol–water partition coefficient (Wildman–Crippen LogP) is 3.32. The van der Waals surface area contributed by atoms with Crippen LogP contribution in [-0.2, 0) is 17.8 Å². The molecule has 0 unspecified atom stereocenters. The van der Waals surface area contributed by atoms with Gasteiger partial charge in [0, 0.05) is 24.0 Å². The van der Waals surface area contributed by atoms with E-state index in [-0.39, 0.29) is 31.0 Å². The van der Waals surface area contributed by atoms with Crippen molar-refractivity contribution in [2.45, 2.75) is 44.7 Å². The van der Waals surface area contributed by atoms with Crippen molar-refractivity contribution in [3.63, 3.8) is 0 Å². The molecule has 2 aliphatic rings. The van der Waals surface area contributed by atoms with E-state index in [1.165, 1.54) is 0 Å². The fourth-order valence-corrected chi connectivity index (χ4v) is 3.73. The molecule has 2 amide bonds. The van der Waals surface area contributed by atoms with Crippen molar-refractivity contribution in [1.29, 1.82) is 0 Å². The number of nitrogens with one attached hydrogen (secondary N) is 1. The van der Waals surface area contributed by atoms with Crippen LogP contribution in [0.15, 0.2) is 28.8 Å². The Labute approximate surface area is 173 Å². The summed E-state index contributed by atoms with van der Waals surface area (Å²) in [6.07, 6.45) is 4.10. The number of carbonyl (C=O) groups excluding carboxylic acids is 2. The van der Waals surface area contributed by atoms with E-state index in [1.54, 1.807) is 29.2 Å². The summed E-state index contributed by atoms with van der Waals surface area (Å²) in [4.78, 5) is 26.3. The molecule has 0 radical (unpaired) electrons. The lowest BCUT2D eigenvalue weighted by atomic mass is 10.1. The largest absolute Gasteiger partial charge is 0.484 e. The summed E-state index contributed by atoms with van der Waals surface area (Å²) in [6.45, 7) is 0.646. The molecule has 0 bridgehead atoms. The summed E-state index contributed by atoms with van der Waals surface area (Å²) in [5.74, 6) is 1.15. The summed E-state index contributed by atoms with van der Waals surface area (Å²) in [5, 5.41) is 7.32. The smallest absolute Gasteiger partial charge is 0.414 e. The van der Waals surface area contributed by atoms with Crippen LogP contribution in [-0.4, -0.2) is 41.3 Å². The molecule has 1 saturated carbocycles. The zero-order valence-electron chi connectivity index (χ0n) is 15.9. The average molecular weight is 420 g/mol. The molecule has 29 heavy (non-hydrogen) atoms. The van der Waals surface area contributed by atoms with Gasteiger partial charge < -0.3 is 24.2 Å². The van der Waals surface area contributed by atoms with Crippen molar-refractivity contribution in [1.82, 2.24) is 15.4 Å². The maximum atomic E-state index is 12.5. The number of nitrogens with zero attached hydrogens (tertiary/aromatic N) is 2. The minimum atomic E-state index is -0.539. The van der Waals surface area contributed by atoms with Crippen LogP contribution in [0.1, 0.15) is 37.0 Å². The highest BCUT2D eigenvalue weighted by molar-refractivity contribution is 6.30. The van der Waals surface area contributed by atoms with Gasteiger partial charge in [-0.05, 0) is 42.3 Å². The fourth-order valence-electron chi connectivity index (χ4n) is 3.60. The number of aromatic nitrogens is 1. The summed E-state index contributed by atoms with van der Waals surface area (Å²) >= 11 is 5.85. The van der Waals surface area contributed by atoms with Gasteiger partial charge in [0.1, 0.15) is 11.5 Å². The van der Waals surface area contributed by atoms with Crippen LogP contribution < -0.4 is 14.8 Å². The molecule has 1 fully saturated rings. The number of benzene rings is 1. The van der Waals surface area contributed by atoms with E-state index in [9.17, 15) is 9.59 Å². The Bertz CT molecular complexity index is 877. The Kier molecular flexibility index (Phi) is 5.89. The van der Waals surface area contributed by atoms with Gasteiger partial charge in [-0.3, -0.25) is 4.79 Å². The van der Waals surface area contributed by atoms with Gasteiger partial charge in [-0.1, -0.05) is 24.4 Å². The molecular weight excluding hydrogens is 398 g/mol. The highest BCUT2D eigenvalue weighted by atomic mass is 35.5. The third-order valence-electron chi connectivity index (χ3n) is 5.19. The first-order valence-electron chi connectivity index (χ1n) is 9.70. The third kappa shape index (κ3) is 4.82. The van der Waals surface area contributed by atoms with Crippen LogP contribution >= 0.6 is 11.6 Å². The Morgan fingerprint density at radius 1 is 1.24 bits per heavy atom. The highest BCUT2D eigenvalue weighted by Crippen LogP contribution is 2.28. The van der Waals surface area contributed by atoms with E-state index in [2.05, 4.69) is 10.5 Å². The predicted molar refractivity (Wildman–Crippen MR) is 104 cm³/mol. The van der Waals surface area contributed by atoms with Crippen molar-refractivity contribution in [2.24, 2.45) is 0 Å². The second-order valence-electron chi connectivity index (χ2n) is 7.21. The maximum Gasteiger partial charge on any atom is 0.414 e. The van der Waals surface area contributed by atoms with E-state index < -0.39 is 6.09 Å². The Hall–Kier alpha value is -2.74. The van der Waals surface area contributed by atoms with Crippen LogP contribution in [0, 0.1) is 0 Å². The lowest BCUT2D eigenvalue weighted by molar-refractivity contribution is -0.134. The lowest BCUT2D eigenvalue weighted by Gasteiger charge is -2.26. The summed E-state index contributed by atoms with van der Waals surface area (Å²) in [5.41, 5.74) is 0.623. The lowest BCUT2D eigenvalue weighted by Crippen LogP contribution is -2.39. The number of rotatable bonds is 5. The van der Waals surface area contributed by atoms with Gasteiger partial charge in [-0.2, -0.15) is 0 Å². The van der Waals surface area contributed by atoms with Gasteiger partial charge in [-0.25, -0.2) is 4.79 Å². The van der Waals surface area contributed by atoms with E-state index in [0.29, 0.717) is 35.1 Å². The minimum absolute atomic E-state index is 0.0966. The molecule has 1 N–H and O–H groups in total. The molecule has 1 aromatic carbocycles. The second-order valence-corrected chi connectivity index (χ2v) is 7.65. The molecule has 2 heterocycles. The van der Waals surface area contributed by atoms with Gasteiger partial charge in [0.05, 0.1) is 12.1 Å². The zero-order valence-corrected chi connectivity index (χ0v) is 16.6. The van der Waals surface area contributed by atoms with Gasteiger partial charge in [-0.15, -0.1) is 0 Å². The highest BCUT2D eigenvalue weighted by Gasteiger charge is 2.29. The van der Waals surface area contributed by atoms with Crippen molar-refractivity contribution in [3.8, 4) is 11.6 Å². The molecule has 8 nitrogen and oxygen atoms in total. The molecule has 1 aromatic heterocycles. The molecular formula is C20H22ClN3O5. The van der Waals surface area contributed by atoms with Gasteiger partial charge in [0.25, 0.3) is 11.8 Å². The molecule has 2 aromatic rings. The Morgan fingerprint density at radius 2 is 2.00 bits per heavy atom. The molecule has 9 heteroatoms. The summed E-state index contributed by atoms with van der Waals surface area (Å²) in [7, 11) is 0. The number of hydrogen-bond donors (Lipinski definition) is 1. The molecule has 0 saturated heterocycles. The zero-order chi connectivity index (χ0) is 20.2. The average Bonchev–Trinajstić information content (AvgIpc) is 3.37. The topological polar surface area (TPSA) is 93.9 Å². The first kappa shape index (κ1) is 19.6. The van der Waals surface area contributed by atoms with E-state index >= 15 is 0 Å². The van der Waals surface area contributed by atoms with Crippen LogP contribution in [0.4, 0.5) is 4.79 Å². The summed E-state index contributed by atoms with van der Waals surface area (Å²) in [6, 6.07) is 6.96. The number of ether oxygens (including phenoxy) is 2. The first-order chi connectivity index (χ1) is 14.1. The van der Waals surface area contributed by atoms with Crippen molar-refractivity contribution in [3.05, 3.63) is 40.6 Å². The number of fused-ring (bicyclic) bond motifs is 1. The van der Waals surface area contributed by atoms with Gasteiger partial charge in [0.2, 0.25) is 0 Å². The van der Waals surface area contributed by atoms with E-state index in [0.717, 1.165) is 25.7 Å². The first-order valence-corrected chi connectivity index (χ1v) is 10.1. The van der Waals surface area contributed by atoms with Gasteiger partial charge >= 0.3 is 6.09 Å². The second kappa shape index (κ2) is 8.73. The number of amides is 2. The normalized spacial score (nSPS) is 16.4. The molecule has 0 spiro atoms. The minimum Gasteiger partial charge on any atom is -0.484 e. The number of carbonyl (C=O) groups is 2. The van der Waals surface area contributed by atoms with E-state index in [1.807, 2.05) is 0 Å². The number of halogens is 1. The SMILES string of the molecule is O=C(NC1CCCC1)Oc1noc2c1CN(C(=O)COc1ccc(Cl)cc1)CC2. The standard InChI is InChI=1S/C20H22ClN3O5/c21-13-5-7-15(8-6-13)27-12-18(25)24-10-9-17-16(11-24)19(23-29-17)28-20(26)22-14-3-1-2-4-14/h5-8,14H,1-4,9-12H2,(H,22,26). The van der Waals surface area contributed by atoms with Crippen molar-refractivity contribution >= 4 is 23.6 Å². The molecule has 4 rings (SSSR count). The number of hydrogen-bond acceptors (Lipinski definition) is 6. The van der Waals surface area contributed by atoms with Gasteiger partial charge in [0.15, 0.2) is 6.61 Å². The Balaban J connectivity index is 1.33. The molecule has 0 atom stereocenters. The van der Waals surface area contributed by atoms with Crippen LogP contribution in [0.3, 0.4) is 0 Å². The van der Waals surface area contributed by atoms with Crippen molar-refractivity contribution in [2.75, 3.05) is 13.2 Å². The molecule has 154 valence electrons. The quantitative estimate of drug-likeness (QED) is 0.798. The van der Waals surface area contributed by atoms with E-state index in [4.69, 9.17) is 25.6 Å². The Morgan fingerprint density at radius 3 is 2.76 bits per heavy atom. The third-order valence-corrected chi connectivity index (χ3v) is 5.44.